The Balaban J connectivity index is 2.60. The van der Waals surface area contributed by atoms with E-state index in [2.05, 4.69) is 0 Å². The SMILES string of the molecule is [2H][C@@H](C)c1ccc2occc2c1. The maximum atomic E-state index is 7.52. The first kappa shape index (κ1) is 5.42. The van der Waals surface area contributed by atoms with E-state index in [-0.39, 0.29) is 6.40 Å². The number of furan rings is 1. The van der Waals surface area contributed by atoms with Gasteiger partial charge in [0, 0.05) is 6.76 Å². The van der Waals surface area contributed by atoms with Crippen LogP contribution >= 0.6 is 0 Å². The van der Waals surface area contributed by atoms with Crippen molar-refractivity contribution in [3.8, 4) is 0 Å². The second-order valence-corrected chi connectivity index (χ2v) is 2.51. The predicted molar refractivity (Wildman–Crippen MR) is 45.6 cm³/mol. The molecule has 0 aliphatic carbocycles. The molecule has 0 N–H and O–H groups in total. The molecule has 0 saturated heterocycles. The molecule has 2 aromatic rings. The summed E-state index contributed by atoms with van der Waals surface area (Å²) < 4.78 is 12.7. The van der Waals surface area contributed by atoms with Crippen molar-refractivity contribution in [2.24, 2.45) is 0 Å². The molecule has 0 aliphatic rings. The summed E-state index contributed by atoms with van der Waals surface area (Å²) in [5.41, 5.74) is 1.92. The van der Waals surface area contributed by atoms with Crippen molar-refractivity contribution in [3.05, 3.63) is 36.1 Å². The first-order chi connectivity index (χ1) is 5.77. The minimum atomic E-state index is -0.163. The van der Waals surface area contributed by atoms with E-state index in [1.54, 1.807) is 6.26 Å². The molecular weight excluding hydrogens is 136 g/mol. The summed E-state index contributed by atoms with van der Waals surface area (Å²) in [6.07, 6.45) is 1.51. The Morgan fingerprint density at radius 2 is 2.36 bits per heavy atom. The Hall–Kier alpha value is -1.24. The fourth-order valence-electron chi connectivity index (χ4n) is 1.16. The Morgan fingerprint density at radius 1 is 1.45 bits per heavy atom. The van der Waals surface area contributed by atoms with E-state index in [0.717, 1.165) is 16.5 Å². The predicted octanol–water partition coefficient (Wildman–Crippen LogP) is 3.00. The van der Waals surface area contributed by atoms with Crippen LogP contribution < -0.4 is 0 Å². The molecule has 0 bridgehead atoms. The second kappa shape index (κ2) is 2.42. The van der Waals surface area contributed by atoms with Gasteiger partial charge in [-0.15, -0.1) is 0 Å². The lowest BCUT2D eigenvalue weighted by Gasteiger charge is -1.93. The van der Waals surface area contributed by atoms with E-state index < -0.39 is 0 Å². The quantitative estimate of drug-likeness (QED) is 0.604. The molecule has 1 heterocycles. The first-order valence-electron chi connectivity index (χ1n) is 4.24. The minimum absolute atomic E-state index is 0.163. The summed E-state index contributed by atoms with van der Waals surface area (Å²) in [6.45, 7) is 1.86. The van der Waals surface area contributed by atoms with Gasteiger partial charge < -0.3 is 4.42 Å². The fourth-order valence-corrected chi connectivity index (χ4v) is 1.16. The highest BCUT2D eigenvalue weighted by Crippen LogP contribution is 2.16. The van der Waals surface area contributed by atoms with Crippen LogP contribution in [0.15, 0.2) is 34.9 Å². The molecule has 56 valence electrons. The van der Waals surface area contributed by atoms with Crippen LogP contribution in [-0.2, 0) is 6.40 Å². The van der Waals surface area contributed by atoms with Crippen molar-refractivity contribution in [2.45, 2.75) is 13.3 Å². The van der Waals surface area contributed by atoms with Gasteiger partial charge >= 0.3 is 0 Å². The van der Waals surface area contributed by atoms with Gasteiger partial charge in [-0.25, -0.2) is 0 Å². The molecule has 11 heavy (non-hydrogen) atoms. The number of hydrogen-bond donors (Lipinski definition) is 0. The van der Waals surface area contributed by atoms with E-state index in [9.17, 15) is 0 Å². The molecule has 1 nitrogen and oxygen atoms in total. The maximum absolute atomic E-state index is 7.52. The highest BCUT2D eigenvalue weighted by atomic mass is 16.3. The Labute approximate surface area is 67.0 Å². The molecule has 1 aromatic heterocycles. The molecule has 0 spiro atoms. The largest absolute Gasteiger partial charge is 0.464 e. The molecule has 0 radical (unpaired) electrons. The lowest BCUT2D eigenvalue weighted by atomic mass is 10.1. The van der Waals surface area contributed by atoms with Crippen LogP contribution in [0.4, 0.5) is 0 Å². The van der Waals surface area contributed by atoms with Gasteiger partial charge in [0.15, 0.2) is 0 Å². The van der Waals surface area contributed by atoms with Crippen molar-refractivity contribution in [2.75, 3.05) is 0 Å². The van der Waals surface area contributed by atoms with Gasteiger partial charge in [0.2, 0.25) is 0 Å². The highest BCUT2D eigenvalue weighted by molar-refractivity contribution is 5.77. The molecule has 0 unspecified atom stereocenters. The molecule has 0 aliphatic heterocycles. The van der Waals surface area contributed by atoms with Gasteiger partial charge in [0.1, 0.15) is 5.58 Å². The standard InChI is InChI=1S/C10H10O/c1-2-8-3-4-10-9(7-8)5-6-11-10/h3-7H,2H2,1H3/i2D/t2-/m0/s1. The highest BCUT2D eigenvalue weighted by Gasteiger charge is 1.95. The van der Waals surface area contributed by atoms with Gasteiger partial charge in [-0.2, -0.15) is 0 Å². The maximum Gasteiger partial charge on any atom is 0.133 e. The van der Waals surface area contributed by atoms with E-state index in [4.69, 9.17) is 5.79 Å². The van der Waals surface area contributed by atoms with Crippen molar-refractivity contribution in [1.29, 1.82) is 0 Å². The summed E-state index contributed by atoms with van der Waals surface area (Å²) in [6, 6.07) is 7.76. The third-order valence-electron chi connectivity index (χ3n) is 1.81. The smallest absolute Gasteiger partial charge is 0.133 e. The average molecular weight is 147 g/mol. The van der Waals surface area contributed by atoms with Gasteiger partial charge in [-0.3, -0.25) is 0 Å². The second-order valence-electron chi connectivity index (χ2n) is 2.51. The van der Waals surface area contributed by atoms with Gasteiger partial charge in [0.05, 0.1) is 6.26 Å². The Morgan fingerprint density at radius 3 is 3.18 bits per heavy atom. The van der Waals surface area contributed by atoms with E-state index in [1.165, 1.54) is 0 Å². The Bertz CT molecular complexity index is 389. The van der Waals surface area contributed by atoms with E-state index in [0.29, 0.717) is 0 Å². The Kier molecular flexibility index (Phi) is 1.19. The fraction of sp³-hybridized carbons (Fsp3) is 0.200. The number of fused-ring (bicyclic) bond motifs is 1. The number of aryl methyl sites for hydroxylation is 1. The molecule has 1 aromatic carbocycles. The van der Waals surface area contributed by atoms with Crippen molar-refractivity contribution >= 4 is 11.0 Å². The van der Waals surface area contributed by atoms with E-state index >= 15 is 0 Å². The molecule has 1 atom stereocenters. The summed E-state index contributed by atoms with van der Waals surface area (Å²) in [4.78, 5) is 0. The molecule has 0 amide bonds. The lowest BCUT2D eigenvalue weighted by Crippen LogP contribution is -1.76. The number of hydrogen-bond acceptors (Lipinski definition) is 1. The molecule has 1 heteroatoms. The van der Waals surface area contributed by atoms with Crippen molar-refractivity contribution < 1.29 is 5.79 Å². The molecule has 2 rings (SSSR count). The zero-order valence-electron chi connectivity index (χ0n) is 7.37. The van der Waals surface area contributed by atoms with Gasteiger partial charge in [-0.1, -0.05) is 13.0 Å². The topological polar surface area (TPSA) is 13.1 Å². The van der Waals surface area contributed by atoms with Crippen molar-refractivity contribution in [1.82, 2.24) is 0 Å². The van der Waals surface area contributed by atoms with Crippen molar-refractivity contribution in [3.63, 3.8) is 0 Å². The van der Waals surface area contributed by atoms with Gasteiger partial charge in [-0.05, 0) is 30.2 Å². The summed E-state index contributed by atoms with van der Waals surface area (Å²) >= 11 is 0. The molecule has 0 saturated carbocycles. The van der Waals surface area contributed by atoms with Gasteiger partial charge in [0.25, 0.3) is 0 Å². The van der Waals surface area contributed by atoms with Crippen LogP contribution in [0.2, 0.25) is 0 Å². The third-order valence-corrected chi connectivity index (χ3v) is 1.81. The zero-order valence-corrected chi connectivity index (χ0v) is 6.37. The summed E-state index contributed by atoms with van der Waals surface area (Å²) in [7, 11) is 0. The minimum Gasteiger partial charge on any atom is -0.464 e. The molecular formula is C10H10O. The average Bonchev–Trinajstić information content (AvgIpc) is 2.49. The number of benzene rings is 1. The first-order valence-corrected chi connectivity index (χ1v) is 3.67. The van der Waals surface area contributed by atoms with Crippen LogP contribution in [0.3, 0.4) is 0 Å². The third kappa shape index (κ3) is 1.03. The summed E-state index contributed by atoms with van der Waals surface area (Å²) in [5.74, 6) is 0. The summed E-state index contributed by atoms with van der Waals surface area (Å²) in [5, 5.41) is 1.08. The van der Waals surface area contributed by atoms with Crippen LogP contribution in [0.5, 0.6) is 0 Å². The normalized spacial score (nSPS) is 14.8. The van der Waals surface area contributed by atoms with Crippen LogP contribution in [0, 0.1) is 0 Å². The van der Waals surface area contributed by atoms with Crippen LogP contribution in [0.25, 0.3) is 11.0 Å². The van der Waals surface area contributed by atoms with E-state index in [1.807, 2.05) is 31.2 Å². The van der Waals surface area contributed by atoms with Crippen LogP contribution in [-0.4, -0.2) is 0 Å². The van der Waals surface area contributed by atoms with Crippen LogP contribution in [0.1, 0.15) is 13.9 Å². The number of rotatable bonds is 1. The monoisotopic (exact) mass is 147 g/mol. The molecule has 0 fully saturated rings. The lowest BCUT2D eigenvalue weighted by molar-refractivity contribution is 0.616. The zero-order chi connectivity index (χ0) is 8.55.